The summed E-state index contributed by atoms with van der Waals surface area (Å²) in [6.45, 7) is 5.43. The molecular weight excluding hydrogens is 304 g/mol. The molecule has 0 aliphatic carbocycles. The molecule has 0 aromatic heterocycles. The summed E-state index contributed by atoms with van der Waals surface area (Å²) in [6.07, 6.45) is 20.1. The molecule has 0 fully saturated rings. The van der Waals surface area contributed by atoms with Crippen LogP contribution in [-0.2, 0) is 6.42 Å². The van der Waals surface area contributed by atoms with E-state index in [2.05, 4.69) is 38.1 Å². The third kappa shape index (κ3) is 12.1. The Kier molecular flexibility index (Phi) is 14.5. The van der Waals surface area contributed by atoms with Gasteiger partial charge in [0, 0.05) is 0 Å². The zero-order chi connectivity index (χ0) is 18.0. The molecule has 0 radical (unpaired) electrons. The largest absolute Gasteiger partial charge is 0.493 e. The van der Waals surface area contributed by atoms with Crippen molar-refractivity contribution >= 4 is 0 Å². The minimum atomic E-state index is 0.877. The molecule has 0 aliphatic heterocycles. The first-order chi connectivity index (χ1) is 12.4. The summed E-state index contributed by atoms with van der Waals surface area (Å²) in [5.74, 6) is 1.12. The molecule has 1 aromatic rings. The van der Waals surface area contributed by atoms with Crippen molar-refractivity contribution in [2.45, 2.75) is 110 Å². The second kappa shape index (κ2) is 16.5. The van der Waals surface area contributed by atoms with Gasteiger partial charge in [0.15, 0.2) is 0 Å². The van der Waals surface area contributed by atoms with Gasteiger partial charge in [-0.3, -0.25) is 0 Å². The van der Waals surface area contributed by atoms with Gasteiger partial charge in [0.1, 0.15) is 5.75 Å². The van der Waals surface area contributed by atoms with Crippen molar-refractivity contribution in [3.63, 3.8) is 0 Å². The van der Waals surface area contributed by atoms with Crippen molar-refractivity contribution in [2.24, 2.45) is 0 Å². The van der Waals surface area contributed by atoms with Crippen LogP contribution in [0.5, 0.6) is 5.75 Å². The first kappa shape index (κ1) is 22.1. The van der Waals surface area contributed by atoms with E-state index >= 15 is 0 Å². The van der Waals surface area contributed by atoms with Gasteiger partial charge in [-0.25, -0.2) is 0 Å². The van der Waals surface area contributed by atoms with E-state index in [1.165, 1.54) is 102 Å². The first-order valence-corrected chi connectivity index (χ1v) is 11.1. The Hall–Kier alpha value is -0.980. The van der Waals surface area contributed by atoms with E-state index in [4.69, 9.17) is 4.74 Å². The maximum atomic E-state index is 6.07. The van der Waals surface area contributed by atoms with E-state index in [1.807, 2.05) is 0 Å². The second-order valence-electron chi connectivity index (χ2n) is 7.45. The third-order valence-corrected chi connectivity index (χ3v) is 5.03. The average Bonchev–Trinajstić information content (AvgIpc) is 2.64. The predicted octanol–water partition coefficient (Wildman–Crippen LogP) is 8.11. The van der Waals surface area contributed by atoms with Crippen LogP contribution < -0.4 is 4.74 Å². The number of ether oxygens (including phenoxy) is 1. The normalized spacial score (nSPS) is 11.0. The van der Waals surface area contributed by atoms with Gasteiger partial charge in [-0.1, -0.05) is 109 Å². The monoisotopic (exact) mass is 346 g/mol. The first-order valence-electron chi connectivity index (χ1n) is 11.1. The minimum absolute atomic E-state index is 0.877. The lowest BCUT2D eigenvalue weighted by Gasteiger charge is -2.11. The molecule has 1 nitrogen and oxygen atoms in total. The van der Waals surface area contributed by atoms with E-state index in [0.29, 0.717) is 0 Å². The van der Waals surface area contributed by atoms with Gasteiger partial charge in [0.25, 0.3) is 0 Å². The van der Waals surface area contributed by atoms with E-state index in [-0.39, 0.29) is 0 Å². The Morgan fingerprint density at radius 1 is 0.600 bits per heavy atom. The van der Waals surface area contributed by atoms with E-state index in [9.17, 15) is 0 Å². The van der Waals surface area contributed by atoms with E-state index in [1.54, 1.807) is 0 Å². The third-order valence-electron chi connectivity index (χ3n) is 5.03. The Bertz CT molecular complexity index is 399. The Balaban J connectivity index is 2.12. The summed E-state index contributed by atoms with van der Waals surface area (Å²) in [4.78, 5) is 0. The van der Waals surface area contributed by atoms with E-state index < -0.39 is 0 Å². The summed E-state index contributed by atoms with van der Waals surface area (Å²) in [7, 11) is 0. The van der Waals surface area contributed by atoms with Gasteiger partial charge >= 0.3 is 0 Å². The molecule has 0 saturated heterocycles. The molecule has 1 rings (SSSR count). The average molecular weight is 347 g/mol. The molecule has 0 spiro atoms. The van der Waals surface area contributed by atoms with Crippen LogP contribution >= 0.6 is 0 Å². The second-order valence-corrected chi connectivity index (χ2v) is 7.45. The molecule has 0 heterocycles. The summed E-state index contributed by atoms with van der Waals surface area (Å²) in [6, 6.07) is 8.65. The van der Waals surface area contributed by atoms with Crippen LogP contribution in [0.25, 0.3) is 0 Å². The van der Waals surface area contributed by atoms with Gasteiger partial charge in [-0.15, -0.1) is 0 Å². The zero-order valence-corrected chi connectivity index (χ0v) is 17.0. The van der Waals surface area contributed by atoms with E-state index in [0.717, 1.165) is 12.4 Å². The number of para-hydroxylation sites is 1. The maximum Gasteiger partial charge on any atom is 0.122 e. The highest BCUT2D eigenvalue weighted by atomic mass is 16.5. The van der Waals surface area contributed by atoms with Gasteiger partial charge in [-0.05, 0) is 30.9 Å². The van der Waals surface area contributed by atoms with Crippen LogP contribution in [0.2, 0.25) is 0 Å². The quantitative estimate of drug-likeness (QED) is 0.259. The Morgan fingerprint density at radius 3 is 1.76 bits per heavy atom. The van der Waals surface area contributed by atoms with Crippen molar-refractivity contribution in [1.29, 1.82) is 0 Å². The fraction of sp³-hybridized carbons (Fsp3) is 0.750. The molecule has 0 N–H and O–H groups in total. The van der Waals surface area contributed by atoms with Crippen LogP contribution in [0.3, 0.4) is 0 Å². The number of hydrogen-bond donors (Lipinski definition) is 0. The van der Waals surface area contributed by atoms with Crippen molar-refractivity contribution in [1.82, 2.24) is 0 Å². The summed E-state index contributed by atoms with van der Waals surface area (Å²) < 4.78 is 6.07. The molecule has 25 heavy (non-hydrogen) atoms. The number of hydrogen-bond acceptors (Lipinski definition) is 1. The number of unbranched alkanes of at least 4 members (excludes halogenated alkanes) is 12. The van der Waals surface area contributed by atoms with Crippen molar-refractivity contribution in [3.05, 3.63) is 29.8 Å². The summed E-state index contributed by atoms with van der Waals surface area (Å²) >= 11 is 0. The van der Waals surface area contributed by atoms with Gasteiger partial charge in [0.05, 0.1) is 6.61 Å². The smallest absolute Gasteiger partial charge is 0.122 e. The van der Waals surface area contributed by atoms with Gasteiger partial charge in [0.2, 0.25) is 0 Å². The molecule has 1 aromatic carbocycles. The number of rotatable bonds is 17. The lowest BCUT2D eigenvalue weighted by molar-refractivity contribution is 0.301. The molecule has 0 saturated carbocycles. The van der Waals surface area contributed by atoms with Crippen LogP contribution in [0.4, 0.5) is 0 Å². The molecule has 0 bridgehead atoms. The van der Waals surface area contributed by atoms with Crippen molar-refractivity contribution in [2.75, 3.05) is 6.61 Å². The summed E-state index contributed by atoms with van der Waals surface area (Å²) in [5.41, 5.74) is 1.40. The fourth-order valence-corrected chi connectivity index (χ4v) is 3.37. The highest BCUT2D eigenvalue weighted by molar-refractivity contribution is 5.33. The SMILES string of the molecule is CCCCCCCCCOc1ccccc1CCCCCCCCC. The molecule has 0 amide bonds. The van der Waals surface area contributed by atoms with Crippen molar-refractivity contribution in [3.8, 4) is 5.75 Å². The highest BCUT2D eigenvalue weighted by Gasteiger charge is 2.03. The van der Waals surface area contributed by atoms with Gasteiger partial charge in [-0.2, -0.15) is 0 Å². The lowest BCUT2D eigenvalue weighted by atomic mass is 10.0. The summed E-state index contributed by atoms with van der Waals surface area (Å²) in [5, 5.41) is 0. The fourth-order valence-electron chi connectivity index (χ4n) is 3.37. The van der Waals surface area contributed by atoms with Crippen LogP contribution in [-0.4, -0.2) is 6.61 Å². The van der Waals surface area contributed by atoms with Gasteiger partial charge < -0.3 is 4.74 Å². The number of aryl methyl sites for hydroxylation is 1. The number of benzene rings is 1. The molecule has 1 heteroatoms. The lowest BCUT2D eigenvalue weighted by Crippen LogP contribution is -2.00. The molecule has 144 valence electrons. The van der Waals surface area contributed by atoms with Crippen molar-refractivity contribution < 1.29 is 4.74 Å². The predicted molar refractivity (Wildman–Crippen MR) is 112 cm³/mol. The van der Waals surface area contributed by atoms with Crippen LogP contribution in [0.15, 0.2) is 24.3 Å². The Morgan fingerprint density at radius 2 is 1.12 bits per heavy atom. The molecular formula is C24H42O. The Labute approximate surface area is 157 Å². The maximum absolute atomic E-state index is 6.07. The standard InChI is InChI=1S/C24H42O/c1-3-5-7-9-11-13-15-19-23-20-16-17-21-24(23)25-22-18-14-12-10-8-6-4-2/h16-17,20-21H,3-15,18-19,22H2,1-2H3. The van der Waals surface area contributed by atoms with Crippen LogP contribution in [0, 0.1) is 0 Å². The molecule has 0 atom stereocenters. The van der Waals surface area contributed by atoms with Crippen LogP contribution in [0.1, 0.15) is 109 Å². The minimum Gasteiger partial charge on any atom is -0.493 e. The highest BCUT2D eigenvalue weighted by Crippen LogP contribution is 2.21. The zero-order valence-electron chi connectivity index (χ0n) is 17.0. The topological polar surface area (TPSA) is 9.23 Å². The molecule has 0 aliphatic rings. The molecule has 0 unspecified atom stereocenters.